The lowest BCUT2D eigenvalue weighted by Gasteiger charge is -2.21. The highest BCUT2D eigenvalue weighted by Crippen LogP contribution is 2.37. The number of amides is 1. The summed E-state index contributed by atoms with van der Waals surface area (Å²) in [5.41, 5.74) is -0.691. The second kappa shape index (κ2) is 7.96. The third-order valence-corrected chi connectivity index (χ3v) is 3.70. The van der Waals surface area contributed by atoms with Crippen LogP contribution in [0.3, 0.4) is 0 Å². The summed E-state index contributed by atoms with van der Waals surface area (Å²) in [6.07, 6.45) is -0.958. The monoisotopic (exact) mass is 452 g/mol. The number of carbonyl (C=O) groups excluding carboxylic acids is 1. The Morgan fingerprint density at radius 1 is 1.39 bits per heavy atom. The largest absolute Gasteiger partial charge is 0.487 e. The van der Waals surface area contributed by atoms with E-state index >= 15 is 0 Å². The molecule has 0 radical (unpaired) electrons. The van der Waals surface area contributed by atoms with Gasteiger partial charge in [-0.25, -0.2) is 4.79 Å². The van der Waals surface area contributed by atoms with Crippen LogP contribution in [0.1, 0.15) is 27.7 Å². The van der Waals surface area contributed by atoms with Gasteiger partial charge in [0.25, 0.3) is 5.69 Å². The van der Waals surface area contributed by atoms with E-state index in [1.165, 1.54) is 6.07 Å². The maximum atomic E-state index is 11.6. The molecule has 0 saturated carbocycles. The topological polar surface area (TPSA) is 90.7 Å². The van der Waals surface area contributed by atoms with E-state index < -0.39 is 22.7 Å². The standard InChI is InChI=1S/C14H18Br2N2O5/c1-8(7-17-13(19)23-14(2,3)4)22-11-6-9(15)5-10(12(11)16)18(20)21/h5-6,8H,7H2,1-4H3,(H,17,19)/t8-/m1/s1. The van der Waals surface area contributed by atoms with Gasteiger partial charge in [-0.3, -0.25) is 10.1 Å². The fraction of sp³-hybridized carbons (Fsp3) is 0.500. The minimum Gasteiger partial charge on any atom is -0.487 e. The molecule has 7 nitrogen and oxygen atoms in total. The molecule has 23 heavy (non-hydrogen) atoms. The molecule has 1 aromatic carbocycles. The van der Waals surface area contributed by atoms with Crippen LogP contribution < -0.4 is 10.1 Å². The molecule has 1 rings (SSSR count). The second-order valence-electron chi connectivity index (χ2n) is 5.81. The molecule has 1 N–H and O–H groups in total. The van der Waals surface area contributed by atoms with Crippen LogP contribution >= 0.6 is 31.9 Å². The maximum absolute atomic E-state index is 11.6. The van der Waals surface area contributed by atoms with Crippen molar-refractivity contribution >= 4 is 43.6 Å². The number of nitrogens with zero attached hydrogens (tertiary/aromatic N) is 1. The number of hydrogen-bond donors (Lipinski definition) is 1. The Bertz CT molecular complexity index is 602. The molecule has 1 atom stereocenters. The number of alkyl carbamates (subject to hydrolysis) is 1. The lowest BCUT2D eigenvalue weighted by atomic mass is 10.2. The molecule has 0 heterocycles. The number of hydrogen-bond acceptors (Lipinski definition) is 5. The Balaban J connectivity index is 2.70. The number of halogens is 2. The zero-order valence-electron chi connectivity index (χ0n) is 13.2. The van der Waals surface area contributed by atoms with Crippen LogP contribution in [-0.2, 0) is 4.74 Å². The van der Waals surface area contributed by atoms with Gasteiger partial charge in [-0.15, -0.1) is 0 Å². The highest BCUT2D eigenvalue weighted by Gasteiger charge is 2.20. The minimum atomic E-state index is -0.581. The summed E-state index contributed by atoms with van der Waals surface area (Å²) >= 11 is 6.37. The summed E-state index contributed by atoms with van der Waals surface area (Å²) in [4.78, 5) is 22.1. The van der Waals surface area contributed by atoms with Gasteiger partial charge in [0.1, 0.15) is 21.9 Å². The molecule has 0 aliphatic rings. The lowest BCUT2D eigenvalue weighted by Crippen LogP contribution is -2.37. The molecular weight excluding hydrogens is 436 g/mol. The van der Waals surface area contributed by atoms with Gasteiger partial charge in [-0.2, -0.15) is 0 Å². The summed E-state index contributed by atoms with van der Waals surface area (Å²) < 4.78 is 11.5. The van der Waals surface area contributed by atoms with E-state index in [9.17, 15) is 14.9 Å². The number of nitro groups is 1. The van der Waals surface area contributed by atoms with Crippen LogP contribution in [-0.4, -0.2) is 29.3 Å². The number of ether oxygens (including phenoxy) is 2. The van der Waals surface area contributed by atoms with Crippen molar-refractivity contribution in [3.05, 3.63) is 31.2 Å². The zero-order chi connectivity index (χ0) is 17.8. The van der Waals surface area contributed by atoms with Gasteiger partial charge in [0.05, 0.1) is 11.5 Å². The average molecular weight is 454 g/mol. The van der Waals surface area contributed by atoms with E-state index in [4.69, 9.17) is 9.47 Å². The Labute approximate surface area is 151 Å². The molecule has 0 aromatic heterocycles. The first-order valence-corrected chi connectivity index (χ1v) is 8.35. The quantitative estimate of drug-likeness (QED) is 0.526. The summed E-state index contributed by atoms with van der Waals surface area (Å²) in [5.74, 6) is 0.310. The van der Waals surface area contributed by atoms with Crippen molar-refractivity contribution in [2.75, 3.05) is 6.54 Å². The molecule has 0 unspecified atom stereocenters. The normalized spacial score (nSPS) is 12.4. The Kier molecular flexibility index (Phi) is 6.82. The van der Waals surface area contributed by atoms with Crippen LogP contribution in [0.15, 0.2) is 21.1 Å². The predicted octanol–water partition coefficient (Wildman–Crippen LogP) is 4.41. The van der Waals surface area contributed by atoms with Crippen molar-refractivity contribution in [3.63, 3.8) is 0 Å². The highest BCUT2D eigenvalue weighted by molar-refractivity contribution is 9.11. The first-order chi connectivity index (χ1) is 10.5. The lowest BCUT2D eigenvalue weighted by molar-refractivity contribution is -0.385. The van der Waals surface area contributed by atoms with E-state index in [1.807, 2.05) is 0 Å². The van der Waals surface area contributed by atoms with Crippen molar-refractivity contribution in [2.24, 2.45) is 0 Å². The fourth-order valence-electron chi connectivity index (χ4n) is 1.57. The number of benzene rings is 1. The average Bonchev–Trinajstić information content (AvgIpc) is 2.38. The van der Waals surface area contributed by atoms with Gasteiger partial charge >= 0.3 is 6.09 Å². The molecule has 9 heteroatoms. The molecule has 0 fully saturated rings. The van der Waals surface area contributed by atoms with E-state index in [2.05, 4.69) is 37.2 Å². The van der Waals surface area contributed by atoms with Crippen molar-refractivity contribution in [3.8, 4) is 5.75 Å². The van der Waals surface area contributed by atoms with Gasteiger partial charge in [0.15, 0.2) is 0 Å². The first-order valence-electron chi connectivity index (χ1n) is 6.76. The van der Waals surface area contributed by atoms with Crippen LogP contribution in [0.4, 0.5) is 10.5 Å². The molecule has 1 aromatic rings. The van der Waals surface area contributed by atoms with Gasteiger partial charge < -0.3 is 14.8 Å². The van der Waals surface area contributed by atoms with Gasteiger partial charge in [-0.1, -0.05) is 15.9 Å². The summed E-state index contributed by atoms with van der Waals surface area (Å²) in [6, 6.07) is 2.99. The van der Waals surface area contributed by atoms with Crippen LogP contribution in [0, 0.1) is 10.1 Å². The van der Waals surface area contributed by atoms with E-state index in [-0.39, 0.29) is 16.7 Å². The molecular formula is C14H18Br2N2O5. The van der Waals surface area contributed by atoms with Crippen molar-refractivity contribution < 1.29 is 19.2 Å². The molecule has 0 aliphatic heterocycles. The van der Waals surface area contributed by atoms with Gasteiger partial charge in [0.2, 0.25) is 0 Å². The molecule has 128 valence electrons. The Morgan fingerprint density at radius 3 is 2.52 bits per heavy atom. The molecule has 0 bridgehead atoms. The summed E-state index contributed by atoms with van der Waals surface area (Å²) in [6.45, 7) is 7.23. The Morgan fingerprint density at radius 2 is 2.00 bits per heavy atom. The predicted molar refractivity (Wildman–Crippen MR) is 92.8 cm³/mol. The third-order valence-electron chi connectivity index (χ3n) is 2.44. The zero-order valence-corrected chi connectivity index (χ0v) is 16.4. The fourth-order valence-corrected chi connectivity index (χ4v) is 2.46. The van der Waals surface area contributed by atoms with Crippen LogP contribution in [0.5, 0.6) is 5.75 Å². The van der Waals surface area contributed by atoms with Crippen molar-refractivity contribution in [1.29, 1.82) is 0 Å². The number of carbonyl (C=O) groups is 1. The highest BCUT2D eigenvalue weighted by atomic mass is 79.9. The van der Waals surface area contributed by atoms with Crippen molar-refractivity contribution in [1.82, 2.24) is 5.32 Å². The minimum absolute atomic E-state index is 0.110. The molecule has 0 aliphatic carbocycles. The van der Waals surface area contributed by atoms with Crippen LogP contribution in [0.2, 0.25) is 0 Å². The number of nitrogens with one attached hydrogen (secondary N) is 1. The molecule has 0 saturated heterocycles. The number of rotatable bonds is 5. The van der Waals surface area contributed by atoms with E-state index in [0.29, 0.717) is 10.2 Å². The molecule has 0 spiro atoms. The maximum Gasteiger partial charge on any atom is 0.407 e. The smallest absolute Gasteiger partial charge is 0.407 e. The Hall–Kier alpha value is -1.35. The van der Waals surface area contributed by atoms with Gasteiger partial charge in [0, 0.05) is 10.5 Å². The number of nitro benzene ring substituents is 1. The van der Waals surface area contributed by atoms with Crippen LogP contribution in [0.25, 0.3) is 0 Å². The van der Waals surface area contributed by atoms with Crippen molar-refractivity contribution in [2.45, 2.75) is 39.4 Å². The van der Waals surface area contributed by atoms with E-state index in [1.54, 1.807) is 33.8 Å². The first kappa shape index (κ1) is 19.7. The summed E-state index contributed by atoms with van der Waals surface area (Å²) in [5, 5.41) is 13.6. The second-order valence-corrected chi connectivity index (χ2v) is 7.51. The van der Waals surface area contributed by atoms with Gasteiger partial charge in [-0.05, 0) is 49.7 Å². The summed E-state index contributed by atoms with van der Waals surface area (Å²) in [7, 11) is 0. The third kappa shape index (κ3) is 6.74. The molecule has 1 amide bonds. The SMILES string of the molecule is C[C@H](CNC(=O)OC(C)(C)C)Oc1cc(Br)cc([N+](=O)[O-])c1Br. The van der Waals surface area contributed by atoms with E-state index in [0.717, 1.165) is 0 Å².